The molecule has 0 aromatic rings. The zero-order chi connectivity index (χ0) is 17.2. The van der Waals surface area contributed by atoms with Crippen molar-refractivity contribution in [2.45, 2.75) is 37.6 Å². The number of hydrogen-bond acceptors (Lipinski definition) is 4. The molecular formula is C12H20F3NO5S. The van der Waals surface area contributed by atoms with Crippen LogP contribution in [-0.4, -0.2) is 62.0 Å². The smallest absolute Gasteiger partial charge is 0.406 e. The van der Waals surface area contributed by atoms with Gasteiger partial charge < -0.3 is 9.84 Å². The first kappa shape index (κ1) is 19.2. The number of ether oxygens (including phenoxy) is 1. The maximum Gasteiger partial charge on any atom is 0.406 e. The van der Waals surface area contributed by atoms with E-state index in [0.29, 0.717) is 6.92 Å². The molecule has 1 fully saturated rings. The number of alkyl halides is 3. The van der Waals surface area contributed by atoms with Crippen LogP contribution in [0.2, 0.25) is 0 Å². The molecule has 0 aromatic heterocycles. The molecule has 1 unspecified atom stereocenters. The molecule has 0 saturated carbocycles. The van der Waals surface area contributed by atoms with Crippen molar-refractivity contribution in [3.63, 3.8) is 0 Å². The van der Waals surface area contributed by atoms with Crippen LogP contribution >= 0.6 is 0 Å². The van der Waals surface area contributed by atoms with Gasteiger partial charge in [0.2, 0.25) is 10.0 Å². The molecule has 1 aliphatic heterocycles. The van der Waals surface area contributed by atoms with Gasteiger partial charge in [-0.15, -0.1) is 0 Å². The summed E-state index contributed by atoms with van der Waals surface area (Å²) in [5.41, 5.74) is -1.15. The summed E-state index contributed by atoms with van der Waals surface area (Å²) < 4.78 is 67.4. The lowest BCUT2D eigenvalue weighted by Gasteiger charge is -2.39. The molecule has 1 heterocycles. The van der Waals surface area contributed by atoms with Crippen LogP contribution in [0, 0.1) is 5.41 Å². The minimum atomic E-state index is -4.85. The van der Waals surface area contributed by atoms with E-state index in [0.717, 1.165) is 4.31 Å². The molecule has 22 heavy (non-hydrogen) atoms. The maximum absolute atomic E-state index is 12.6. The van der Waals surface area contributed by atoms with E-state index in [2.05, 4.69) is 0 Å². The van der Waals surface area contributed by atoms with Crippen molar-refractivity contribution in [1.29, 1.82) is 0 Å². The highest BCUT2D eigenvalue weighted by molar-refractivity contribution is 7.89. The molecule has 0 spiro atoms. The van der Waals surface area contributed by atoms with E-state index in [4.69, 9.17) is 4.74 Å². The summed E-state index contributed by atoms with van der Waals surface area (Å²) in [5, 5.41) is 6.84. The second-order valence-electron chi connectivity index (χ2n) is 5.46. The van der Waals surface area contributed by atoms with E-state index in [1.165, 1.54) is 7.11 Å². The van der Waals surface area contributed by atoms with E-state index in [1.807, 2.05) is 0 Å². The van der Waals surface area contributed by atoms with Crippen molar-refractivity contribution in [3.8, 4) is 0 Å². The van der Waals surface area contributed by atoms with E-state index in [-0.39, 0.29) is 39.0 Å². The number of sulfonamides is 1. The molecule has 1 atom stereocenters. The Balaban J connectivity index is 2.85. The van der Waals surface area contributed by atoms with Gasteiger partial charge in [0.15, 0.2) is 5.25 Å². The zero-order valence-corrected chi connectivity index (χ0v) is 13.2. The number of rotatable bonds is 6. The second-order valence-corrected chi connectivity index (χ2v) is 7.71. The van der Waals surface area contributed by atoms with Crippen LogP contribution in [0.3, 0.4) is 0 Å². The van der Waals surface area contributed by atoms with Crippen LogP contribution < -0.4 is 0 Å². The summed E-state index contributed by atoms with van der Waals surface area (Å²) in [6.07, 6.45) is -4.72. The fourth-order valence-corrected chi connectivity index (χ4v) is 3.91. The Morgan fingerprint density at radius 3 is 2.23 bits per heavy atom. The van der Waals surface area contributed by atoms with Gasteiger partial charge in [-0.1, -0.05) is 0 Å². The number of nitrogens with zero attached hydrogens (tertiary/aromatic N) is 1. The van der Waals surface area contributed by atoms with Crippen molar-refractivity contribution in [3.05, 3.63) is 0 Å². The van der Waals surface area contributed by atoms with Crippen molar-refractivity contribution in [2.75, 3.05) is 26.8 Å². The lowest BCUT2D eigenvalue weighted by atomic mass is 9.76. The molecule has 0 aromatic carbocycles. The number of hydrogen-bond donors (Lipinski definition) is 1. The van der Waals surface area contributed by atoms with Crippen LogP contribution in [0.1, 0.15) is 26.2 Å². The largest absolute Gasteiger partial charge is 0.481 e. The first-order valence-corrected chi connectivity index (χ1v) is 8.26. The van der Waals surface area contributed by atoms with Gasteiger partial charge in [0, 0.05) is 26.8 Å². The van der Waals surface area contributed by atoms with Crippen molar-refractivity contribution >= 4 is 16.0 Å². The van der Waals surface area contributed by atoms with Crippen LogP contribution in [0.25, 0.3) is 0 Å². The molecule has 1 saturated heterocycles. The van der Waals surface area contributed by atoms with E-state index in [1.54, 1.807) is 0 Å². The van der Waals surface area contributed by atoms with E-state index in [9.17, 15) is 31.5 Å². The number of methoxy groups -OCH3 is 1. The third-order valence-corrected chi connectivity index (χ3v) is 6.43. The fourth-order valence-electron chi connectivity index (χ4n) is 2.43. The molecule has 130 valence electrons. The molecular weight excluding hydrogens is 327 g/mol. The number of piperidine rings is 1. The van der Waals surface area contributed by atoms with Crippen LogP contribution in [0.15, 0.2) is 0 Å². The fraction of sp³-hybridized carbons (Fsp3) is 0.917. The summed E-state index contributed by atoms with van der Waals surface area (Å²) in [5.74, 6) is -1.08. The Bertz CT molecular complexity index is 497. The van der Waals surface area contributed by atoms with Gasteiger partial charge in [-0.05, 0) is 26.2 Å². The van der Waals surface area contributed by atoms with Crippen molar-refractivity contribution < 1.29 is 36.2 Å². The molecule has 1 aliphatic rings. The SMILES string of the molecule is COCCC1(C(=O)O)CCN(S(=O)(=O)C(C)C(F)(F)F)CC1. The first-order chi connectivity index (χ1) is 9.97. The average Bonchev–Trinajstić information content (AvgIpc) is 2.43. The van der Waals surface area contributed by atoms with Crippen LogP contribution in [-0.2, 0) is 19.6 Å². The average molecular weight is 347 g/mol. The third-order valence-electron chi connectivity index (χ3n) is 4.19. The topological polar surface area (TPSA) is 83.9 Å². The molecule has 0 amide bonds. The number of carbonyl (C=O) groups is 1. The summed E-state index contributed by atoms with van der Waals surface area (Å²) >= 11 is 0. The number of carboxylic acid groups (broad SMARTS) is 1. The lowest BCUT2D eigenvalue weighted by Crippen LogP contribution is -2.51. The quantitative estimate of drug-likeness (QED) is 0.787. The van der Waals surface area contributed by atoms with Gasteiger partial charge in [0.05, 0.1) is 5.41 Å². The molecule has 0 radical (unpaired) electrons. The van der Waals surface area contributed by atoms with Gasteiger partial charge in [-0.2, -0.15) is 13.2 Å². The zero-order valence-electron chi connectivity index (χ0n) is 12.4. The number of carboxylic acids is 1. The predicted octanol–water partition coefficient (Wildman–Crippen LogP) is 1.47. The van der Waals surface area contributed by atoms with Gasteiger partial charge in [-0.25, -0.2) is 12.7 Å². The number of aliphatic carboxylic acids is 1. The summed E-state index contributed by atoms with van der Waals surface area (Å²) in [4.78, 5) is 11.4. The molecule has 10 heteroatoms. The van der Waals surface area contributed by atoms with Crippen molar-refractivity contribution in [2.24, 2.45) is 5.41 Å². The second kappa shape index (κ2) is 6.71. The van der Waals surface area contributed by atoms with Gasteiger partial charge in [0.1, 0.15) is 0 Å². The maximum atomic E-state index is 12.6. The molecule has 1 N–H and O–H groups in total. The Morgan fingerprint density at radius 2 is 1.86 bits per heavy atom. The monoisotopic (exact) mass is 347 g/mol. The van der Waals surface area contributed by atoms with Crippen LogP contribution in [0.4, 0.5) is 13.2 Å². The number of halogens is 3. The first-order valence-electron chi connectivity index (χ1n) is 6.75. The molecule has 0 aliphatic carbocycles. The summed E-state index contributed by atoms with van der Waals surface area (Å²) in [6, 6.07) is 0. The van der Waals surface area contributed by atoms with Gasteiger partial charge in [-0.3, -0.25) is 4.79 Å². The Kier molecular flexibility index (Phi) is 5.85. The van der Waals surface area contributed by atoms with Crippen LogP contribution in [0.5, 0.6) is 0 Å². The molecule has 1 rings (SSSR count). The normalized spacial score (nSPS) is 21.5. The highest BCUT2D eigenvalue weighted by Crippen LogP contribution is 2.38. The Labute approximate surface area is 127 Å². The third kappa shape index (κ3) is 3.90. The van der Waals surface area contributed by atoms with Gasteiger partial charge >= 0.3 is 12.1 Å². The van der Waals surface area contributed by atoms with E-state index >= 15 is 0 Å². The minimum Gasteiger partial charge on any atom is -0.481 e. The molecule has 0 bridgehead atoms. The summed E-state index contributed by atoms with van der Waals surface area (Å²) in [7, 11) is -3.12. The van der Waals surface area contributed by atoms with Gasteiger partial charge in [0.25, 0.3) is 0 Å². The molecule has 6 nitrogen and oxygen atoms in total. The standard InChI is InChI=1S/C12H20F3NO5S/c1-9(12(13,14)15)22(19,20)16-6-3-11(4-7-16,10(17)18)5-8-21-2/h9H,3-8H2,1-2H3,(H,17,18). The Hall–Kier alpha value is -0.870. The summed E-state index contributed by atoms with van der Waals surface area (Å²) in [6.45, 7) is 0.314. The highest BCUT2D eigenvalue weighted by Gasteiger charge is 2.50. The highest BCUT2D eigenvalue weighted by atomic mass is 32.2. The predicted molar refractivity (Wildman–Crippen MR) is 71.8 cm³/mol. The lowest BCUT2D eigenvalue weighted by molar-refractivity contribution is -0.153. The minimum absolute atomic E-state index is 0.0322. The van der Waals surface area contributed by atoms with E-state index < -0.39 is 32.8 Å². The van der Waals surface area contributed by atoms with Crippen molar-refractivity contribution in [1.82, 2.24) is 4.31 Å². The Morgan fingerprint density at radius 1 is 1.36 bits per heavy atom.